The van der Waals surface area contributed by atoms with E-state index in [4.69, 9.17) is 28.9 Å². The minimum absolute atomic E-state index is 0.102. The fraction of sp³-hybridized carbons (Fsp3) is 0.0833. The number of benzene rings is 1. The third-order valence-corrected chi connectivity index (χ3v) is 2.94. The number of rotatable bonds is 3. The number of nitrogens with zero attached hydrogens (tertiary/aromatic N) is 2. The Hall–Kier alpha value is -1.85. The molecule has 1 aromatic heterocycles. The summed E-state index contributed by atoms with van der Waals surface area (Å²) in [6, 6.07) is 7.02. The van der Waals surface area contributed by atoms with Crippen LogP contribution in [0.4, 0.5) is 11.4 Å². The van der Waals surface area contributed by atoms with Gasteiger partial charge in [0.1, 0.15) is 12.0 Å². The molecule has 98 valence electrons. The van der Waals surface area contributed by atoms with Crippen LogP contribution in [0.2, 0.25) is 10.3 Å². The Morgan fingerprint density at radius 1 is 1.16 bits per heavy atom. The van der Waals surface area contributed by atoms with Gasteiger partial charge in [-0.05, 0) is 17.7 Å². The van der Waals surface area contributed by atoms with Crippen molar-refractivity contribution in [2.75, 3.05) is 11.1 Å². The number of nitrogen functional groups attached to an aromatic ring is 1. The maximum atomic E-state index is 11.9. The van der Waals surface area contributed by atoms with Crippen LogP contribution in [0.5, 0.6) is 0 Å². The molecule has 0 bridgehead atoms. The zero-order valence-corrected chi connectivity index (χ0v) is 11.2. The molecule has 7 heteroatoms. The fourth-order valence-corrected chi connectivity index (χ4v) is 1.86. The third kappa shape index (κ3) is 3.56. The number of carbonyl (C=O) groups is 1. The minimum atomic E-state index is -0.261. The monoisotopic (exact) mass is 296 g/mol. The molecular weight excluding hydrogens is 287 g/mol. The van der Waals surface area contributed by atoms with Gasteiger partial charge in [0.05, 0.1) is 6.42 Å². The van der Waals surface area contributed by atoms with Crippen molar-refractivity contribution >= 4 is 40.5 Å². The summed E-state index contributed by atoms with van der Waals surface area (Å²) in [5.74, 6) is -0.261. The molecule has 0 unspecified atom stereocenters. The Morgan fingerprint density at radius 2 is 1.74 bits per heavy atom. The maximum absolute atomic E-state index is 11.9. The van der Waals surface area contributed by atoms with E-state index in [0.29, 0.717) is 5.69 Å². The Balaban J connectivity index is 2.07. The van der Waals surface area contributed by atoms with Crippen molar-refractivity contribution in [2.24, 2.45) is 0 Å². The lowest BCUT2D eigenvalue weighted by molar-refractivity contribution is -0.115. The largest absolute Gasteiger partial charge is 0.399 e. The van der Waals surface area contributed by atoms with E-state index >= 15 is 0 Å². The molecule has 0 spiro atoms. The van der Waals surface area contributed by atoms with Gasteiger partial charge in [0, 0.05) is 5.69 Å². The number of nitrogens with two attached hydrogens (primary N) is 1. The number of anilines is 2. The van der Waals surface area contributed by atoms with Crippen LogP contribution in [0, 0.1) is 0 Å². The van der Waals surface area contributed by atoms with E-state index in [0.717, 1.165) is 5.56 Å². The first-order valence-electron chi connectivity index (χ1n) is 5.36. The minimum Gasteiger partial charge on any atom is -0.399 e. The number of hydrogen-bond acceptors (Lipinski definition) is 4. The predicted octanol–water partition coefficient (Wildman–Crippen LogP) is 2.55. The summed E-state index contributed by atoms with van der Waals surface area (Å²) >= 11 is 11.7. The Bertz CT molecular complexity index is 581. The molecule has 0 fully saturated rings. The lowest BCUT2D eigenvalue weighted by atomic mass is 10.1. The first-order valence-corrected chi connectivity index (χ1v) is 6.12. The van der Waals surface area contributed by atoms with Crippen LogP contribution in [-0.4, -0.2) is 15.9 Å². The van der Waals surface area contributed by atoms with Gasteiger partial charge in [-0.1, -0.05) is 35.3 Å². The molecule has 0 atom stereocenters. The van der Waals surface area contributed by atoms with Crippen molar-refractivity contribution in [3.63, 3.8) is 0 Å². The van der Waals surface area contributed by atoms with E-state index in [1.54, 1.807) is 24.3 Å². The number of amides is 1. The van der Waals surface area contributed by atoms with Gasteiger partial charge < -0.3 is 11.1 Å². The molecule has 5 nitrogen and oxygen atoms in total. The molecule has 1 heterocycles. The summed E-state index contributed by atoms with van der Waals surface area (Å²) in [6.45, 7) is 0. The second-order valence-electron chi connectivity index (χ2n) is 3.80. The first kappa shape index (κ1) is 13.6. The van der Waals surface area contributed by atoms with E-state index in [1.807, 2.05) is 0 Å². The van der Waals surface area contributed by atoms with E-state index in [2.05, 4.69) is 15.3 Å². The number of carbonyl (C=O) groups excluding carboxylic acids is 1. The highest BCUT2D eigenvalue weighted by atomic mass is 35.5. The van der Waals surface area contributed by atoms with Gasteiger partial charge in [0.15, 0.2) is 10.3 Å². The molecular formula is C12H10Cl2N4O. The Morgan fingerprint density at radius 3 is 2.32 bits per heavy atom. The van der Waals surface area contributed by atoms with Gasteiger partial charge in [-0.15, -0.1) is 0 Å². The summed E-state index contributed by atoms with van der Waals surface area (Å²) < 4.78 is 0. The lowest BCUT2D eigenvalue weighted by Gasteiger charge is -2.07. The van der Waals surface area contributed by atoms with E-state index < -0.39 is 0 Å². The highest BCUT2D eigenvalue weighted by Gasteiger charge is 2.12. The van der Waals surface area contributed by atoms with Crippen molar-refractivity contribution in [1.82, 2.24) is 9.97 Å². The molecule has 0 aliphatic heterocycles. The summed E-state index contributed by atoms with van der Waals surface area (Å²) in [5, 5.41) is 2.79. The van der Waals surface area contributed by atoms with E-state index in [-0.39, 0.29) is 28.3 Å². The lowest BCUT2D eigenvalue weighted by Crippen LogP contribution is -2.15. The first-order chi connectivity index (χ1) is 9.06. The molecule has 0 radical (unpaired) electrons. The Kier molecular flexibility index (Phi) is 4.19. The van der Waals surface area contributed by atoms with Crippen LogP contribution in [0.1, 0.15) is 5.56 Å². The molecule has 2 rings (SSSR count). The van der Waals surface area contributed by atoms with Gasteiger partial charge in [0.2, 0.25) is 5.91 Å². The van der Waals surface area contributed by atoms with Crippen LogP contribution >= 0.6 is 23.2 Å². The van der Waals surface area contributed by atoms with Gasteiger partial charge in [-0.25, -0.2) is 9.97 Å². The summed E-state index contributed by atoms with van der Waals surface area (Å²) in [6.07, 6.45) is 1.40. The van der Waals surface area contributed by atoms with Gasteiger partial charge in [-0.2, -0.15) is 0 Å². The summed E-state index contributed by atoms with van der Waals surface area (Å²) in [7, 11) is 0. The van der Waals surface area contributed by atoms with Crippen molar-refractivity contribution in [3.05, 3.63) is 46.5 Å². The topological polar surface area (TPSA) is 80.9 Å². The number of hydrogen-bond donors (Lipinski definition) is 2. The van der Waals surface area contributed by atoms with Crippen LogP contribution in [-0.2, 0) is 11.2 Å². The highest BCUT2D eigenvalue weighted by molar-refractivity contribution is 6.38. The van der Waals surface area contributed by atoms with Gasteiger partial charge >= 0.3 is 0 Å². The highest BCUT2D eigenvalue weighted by Crippen LogP contribution is 2.25. The second-order valence-corrected chi connectivity index (χ2v) is 4.51. The zero-order chi connectivity index (χ0) is 13.8. The number of halogens is 2. The van der Waals surface area contributed by atoms with Gasteiger partial charge in [-0.3, -0.25) is 4.79 Å². The number of aromatic nitrogens is 2. The standard InChI is InChI=1S/C12H10Cl2N4O/c13-11-10(12(14)17-6-16-11)18-9(19)5-7-1-3-8(15)4-2-7/h1-4,6H,5,15H2,(H,18,19). The van der Waals surface area contributed by atoms with Crippen molar-refractivity contribution < 1.29 is 4.79 Å². The van der Waals surface area contributed by atoms with Crippen LogP contribution in [0.15, 0.2) is 30.6 Å². The molecule has 0 aliphatic carbocycles. The van der Waals surface area contributed by atoms with Crippen LogP contribution < -0.4 is 11.1 Å². The molecule has 19 heavy (non-hydrogen) atoms. The van der Waals surface area contributed by atoms with Crippen molar-refractivity contribution in [2.45, 2.75) is 6.42 Å². The average Bonchev–Trinajstić information content (AvgIpc) is 2.37. The van der Waals surface area contributed by atoms with E-state index in [1.165, 1.54) is 6.33 Å². The molecule has 3 N–H and O–H groups in total. The van der Waals surface area contributed by atoms with Crippen molar-refractivity contribution in [3.8, 4) is 0 Å². The molecule has 0 saturated carbocycles. The second kappa shape index (κ2) is 5.86. The predicted molar refractivity (Wildman–Crippen MR) is 75.2 cm³/mol. The molecule has 0 aliphatic rings. The summed E-state index contributed by atoms with van der Waals surface area (Å²) in [5.41, 5.74) is 7.26. The third-order valence-electron chi connectivity index (χ3n) is 2.36. The molecule has 1 aromatic carbocycles. The SMILES string of the molecule is Nc1ccc(CC(=O)Nc2c(Cl)ncnc2Cl)cc1. The fourth-order valence-electron chi connectivity index (χ4n) is 1.45. The smallest absolute Gasteiger partial charge is 0.228 e. The van der Waals surface area contributed by atoms with Crippen LogP contribution in [0.25, 0.3) is 0 Å². The Labute approximate surface area is 119 Å². The number of nitrogens with one attached hydrogen (secondary N) is 1. The average molecular weight is 297 g/mol. The van der Waals surface area contributed by atoms with Crippen molar-refractivity contribution in [1.29, 1.82) is 0 Å². The quantitative estimate of drug-likeness (QED) is 0.674. The molecule has 1 amide bonds. The van der Waals surface area contributed by atoms with Crippen LogP contribution in [0.3, 0.4) is 0 Å². The summed E-state index contributed by atoms with van der Waals surface area (Å²) in [4.78, 5) is 19.4. The normalized spacial score (nSPS) is 10.2. The maximum Gasteiger partial charge on any atom is 0.228 e. The molecule has 0 saturated heterocycles. The van der Waals surface area contributed by atoms with Gasteiger partial charge in [0.25, 0.3) is 0 Å². The van der Waals surface area contributed by atoms with E-state index in [9.17, 15) is 4.79 Å². The zero-order valence-electron chi connectivity index (χ0n) is 9.73. The molecule has 2 aromatic rings.